The van der Waals surface area contributed by atoms with Gasteiger partial charge in [0.1, 0.15) is 0 Å². The molecule has 0 aromatic rings. The molecular formula is C14H23N3O4. The van der Waals surface area contributed by atoms with Crippen LogP contribution in [0.4, 0.5) is 4.79 Å². The SMILES string of the molecule is O=C(C1CCOC1)N1CCN(C(=O)N2CCOCC2)CC1. The van der Waals surface area contributed by atoms with Crippen LogP contribution in [0, 0.1) is 5.92 Å². The number of ether oxygens (including phenoxy) is 2. The van der Waals surface area contributed by atoms with Crippen molar-refractivity contribution in [2.75, 3.05) is 65.7 Å². The molecule has 7 heteroatoms. The first-order chi connectivity index (χ1) is 10.3. The molecule has 3 heterocycles. The molecule has 118 valence electrons. The Morgan fingerprint density at radius 2 is 1.38 bits per heavy atom. The zero-order chi connectivity index (χ0) is 14.7. The van der Waals surface area contributed by atoms with Gasteiger partial charge in [0, 0.05) is 45.9 Å². The highest BCUT2D eigenvalue weighted by atomic mass is 16.5. The third-order valence-electron chi connectivity index (χ3n) is 4.42. The van der Waals surface area contributed by atoms with Gasteiger partial charge in [0.15, 0.2) is 0 Å². The minimum Gasteiger partial charge on any atom is -0.381 e. The van der Waals surface area contributed by atoms with E-state index in [2.05, 4.69) is 0 Å². The first-order valence-corrected chi connectivity index (χ1v) is 7.74. The van der Waals surface area contributed by atoms with Crippen molar-refractivity contribution in [2.45, 2.75) is 6.42 Å². The lowest BCUT2D eigenvalue weighted by molar-refractivity contribution is -0.137. The van der Waals surface area contributed by atoms with Gasteiger partial charge in [-0.1, -0.05) is 0 Å². The van der Waals surface area contributed by atoms with E-state index in [4.69, 9.17) is 9.47 Å². The highest BCUT2D eigenvalue weighted by Crippen LogP contribution is 2.17. The van der Waals surface area contributed by atoms with Crippen molar-refractivity contribution in [3.05, 3.63) is 0 Å². The van der Waals surface area contributed by atoms with Crippen LogP contribution in [-0.4, -0.2) is 92.3 Å². The summed E-state index contributed by atoms with van der Waals surface area (Å²) in [6.45, 7) is 6.30. The van der Waals surface area contributed by atoms with Crippen molar-refractivity contribution in [1.82, 2.24) is 14.7 Å². The summed E-state index contributed by atoms with van der Waals surface area (Å²) >= 11 is 0. The predicted molar refractivity (Wildman–Crippen MR) is 74.9 cm³/mol. The fourth-order valence-corrected chi connectivity index (χ4v) is 3.06. The molecule has 0 saturated carbocycles. The summed E-state index contributed by atoms with van der Waals surface area (Å²) in [6, 6.07) is 0.0783. The van der Waals surface area contributed by atoms with Crippen LogP contribution in [0.2, 0.25) is 0 Å². The Labute approximate surface area is 124 Å². The van der Waals surface area contributed by atoms with Crippen molar-refractivity contribution < 1.29 is 19.1 Å². The monoisotopic (exact) mass is 297 g/mol. The van der Waals surface area contributed by atoms with E-state index in [1.165, 1.54) is 0 Å². The van der Waals surface area contributed by atoms with Gasteiger partial charge in [0.05, 0.1) is 25.7 Å². The Morgan fingerprint density at radius 1 is 0.762 bits per heavy atom. The molecule has 1 atom stereocenters. The number of nitrogens with zero attached hydrogens (tertiary/aromatic N) is 3. The lowest BCUT2D eigenvalue weighted by Gasteiger charge is -2.39. The van der Waals surface area contributed by atoms with E-state index < -0.39 is 0 Å². The summed E-state index contributed by atoms with van der Waals surface area (Å²) in [5.41, 5.74) is 0. The van der Waals surface area contributed by atoms with Gasteiger partial charge in [-0.2, -0.15) is 0 Å². The summed E-state index contributed by atoms with van der Waals surface area (Å²) < 4.78 is 10.5. The summed E-state index contributed by atoms with van der Waals surface area (Å²) in [6.07, 6.45) is 0.825. The van der Waals surface area contributed by atoms with Crippen LogP contribution in [0.3, 0.4) is 0 Å². The molecule has 1 unspecified atom stereocenters. The molecule has 3 fully saturated rings. The number of urea groups is 1. The van der Waals surface area contributed by atoms with Crippen LogP contribution in [-0.2, 0) is 14.3 Å². The Hall–Kier alpha value is -1.34. The Bertz CT molecular complexity index is 384. The van der Waals surface area contributed by atoms with Gasteiger partial charge in [0.2, 0.25) is 5.91 Å². The van der Waals surface area contributed by atoms with Crippen LogP contribution in [0.15, 0.2) is 0 Å². The number of amides is 3. The number of hydrogen-bond acceptors (Lipinski definition) is 4. The second kappa shape index (κ2) is 6.62. The maximum absolute atomic E-state index is 12.4. The molecule has 0 aromatic carbocycles. The molecule has 3 aliphatic heterocycles. The van der Waals surface area contributed by atoms with Crippen LogP contribution in [0.1, 0.15) is 6.42 Å². The van der Waals surface area contributed by atoms with Crippen molar-refractivity contribution in [2.24, 2.45) is 5.92 Å². The van der Waals surface area contributed by atoms with E-state index in [1.54, 1.807) is 0 Å². The van der Waals surface area contributed by atoms with Gasteiger partial charge < -0.3 is 24.2 Å². The predicted octanol–water partition coefficient (Wildman–Crippen LogP) is -0.381. The maximum atomic E-state index is 12.4. The molecule has 0 aliphatic carbocycles. The molecule has 0 N–H and O–H groups in total. The second-order valence-electron chi connectivity index (χ2n) is 5.75. The highest BCUT2D eigenvalue weighted by Gasteiger charge is 2.32. The average Bonchev–Trinajstić information content (AvgIpc) is 3.09. The third kappa shape index (κ3) is 3.29. The largest absolute Gasteiger partial charge is 0.381 e. The Kier molecular flexibility index (Phi) is 4.60. The van der Waals surface area contributed by atoms with Gasteiger partial charge in [-0.15, -0.1) is 0 Å². The fraction of sp³-hybridized carbons (Fsp3) is 0.857. The van der Waals surface area contributed by atoms with E-state index in [-0.39, 0.29) is 17.9 Å². The number of rotatable bonds is 1. The minimum atomic E-state index is 0.0199. The highest BCUT2D eigenvalue weighted by molar-refractivity contribution is 5.80. The number of carbonyl (C=O) groups excluding carboxylic acids is 2. The molecule has 0 spiro atoms. The summed E-state index contributed by atoms with van der Waals surface area (Å²) in [5, 5.41) is 0. The summed E-state index contributed by atoms with van der Waals surface area (Å²) in [5.74, 6) is 0.206. The number of carbonyl (C=O) groups is 2. The van der Waals surface area contributed by atoms with Crippen molar-refractivity contribution >= 4 is 11.9 Å². The van der Waals surface area contributed by atoms with E-state index in [1.807, 2.05) is 14.7 Å². The lowest BCUT2D eigenvalue weighted by atomic mass is 10.1. The third-order valence-corrected chi connectivity index (χ3v) is 4.42. The van der Waals surface area contributed by atoms with Crippen molar-refractivity contribution in [1.29, 1.82) is 0 Å². The van der Waals surface area contributed by atoms with Gasteiger partial charge in [-0.3, -0.25) is 4.79 Å². The molecule has 3 rings (SSSR count). The molecule has 0 bridgehead atoms. The first-order valence-electron chi connectivity index (χ1n) is 7.74. The first kappa shape index (κ1) is 14.6. The summed E-state index contributed by atoms with van der Waals surface area (Å²) in [7, 11) is 0. The molecule has 3 amide bonds. The smallest absolute Gasteiger partial charge is 0.320 e. The maximum Gasteiger partial charge on any atom is 0.320 e. The quantitative estimate of drug-likeness (QED) is 0.662. The van der Waals surface area contributed by atoms with E-state index in [0.717, 1.165) is 6.42 Å². The normalized spacial score (nSPS) is 27.0. The van der Waals surface area contributed by atoms with Crippen molar-refractivity contribution in [3.8, 4) is 0 Å². The molecule has 3 saturated heterocycles. The molecule has 3 aliphatic rings. The molecule has 7 nitrogen and oxygen atoms in total. The molecule has 0 aromatic heterocycles. The number of piperazine rings is 1. The average molecular weight is 297 g/mol. The zero-order valence-electron chi connectivity index (χ0n) is 12.3. The standard InChI is InChI=1S/C14H23N3O4/c18-13(12-1-8-21-11-12)15-2-4-16(5-3-15)14(19)17-6-9-20-10-7-17/h12H,1-11H2. The minimum absolute atomic E-state index is 0.0199. The van der Waals surface area contributed by atoms with Gasteiger partial charge in [0.25, 0.3) is 0 Å². The topological polar surface area (TPSA) is 62.3 Å². The van der Waals surface area contributed by atoms with E-state index in [9.17, 15) is 9.59 Å². The Morgan fingerprint density at radius 3 is 2.00 bits per heavy atom. The molecule has 21 heavy (non-hydrogen) atoms. The van der Waals surface area contributed by atoms with Crippen molar-refractivity contribution in [3.63, 3.8) is 0 Å². The van der Waals surface area contributed by atoms with Crippen LogP contribution in [0.25, 0.3) is 0 Å². The number of hydrogen-bond donors (Lipinski definition) is 0. The second-order valence-corrected chi connectivity index (χ2v) is 5.75. The summed E-state index contributed by atoms with van der Waals surface area (Å²) in [4.78, 5) is 30.2. The van der Waals surface area contributed by atoms with Crippen LogP contribution in [0.5, 0.6) is 0 Å². The van der Waals surface area contributed by atoms with Crippen LogP contribution >= 0.6 is 0 Å². The van der Waals surface area contributed by atoms with Gasteiger partial charge in [-0.25, -0.2) is 4.79 Å². The Balaban J connectivity index is 1.48. The fourth-order valence-electron chi connectivity index (χ4n) is 3.06. The number of morpholine rings is 1. The molecular weight excluding hydrogens is 274 g/mol. The lowest BCUT2D eigenvalue weighted by Crippen LogP contribution is -2.56. The van der Waals surface area contributed by atoms with E-state index >= 15 is 0 Å². The van der Waals surface area contributed by atoms with Crippen LogP contribution < -0.4 is 0 Å². The zero-order valence-corrected chi connectivity index (χ0v) is 12.3. The van der Waals surface area contributed by atoms with E-state index in [0.29, 0.717) is 65.7 Å². The van der Waals surface area contributed by atoms with Gasteiger partial charge >= 0.3 is 6.03 Å². The van der Waals surface area contributed by atoms with Gasteiger partial charge in [-0.05, 0) is 6.42 Å². The molecule has 0 radical (unpaired) electrons.